The third-order valence-corrected chi connectivity index (χ3v) is 6.52. The van der Waals surface area contributed by atoms with Crippen LogP contribution in [-0.2, 0) is 0 Å². The topological polar surface area (TPSA) is 25.0 Å². The van der Waals surface area contributed by atoms with Crippen molar-refractivity contribution in [3.63, 3.8) is 0 Å². The molecule has 3 heteroatoms. The van der Waals surface area contributed by atoms with Gasteiger partial charge in [0.2, 0.25) is 0 Å². The fraction of sp³-hybridized carbons (Fsp3) is 0.0909. The van der Waals surface area contributed by atoms with Crippen molar-refractivity contribution in [3.8, 4) is 17.0 Å². The van der Waals surface area contributed by atoms with Crippen LogP contribution in [0, 0.1) is 6.92 Å². The van der Waals surface area contributed by atoms with Gasteiger partial charge in [0.05, 0.1) is 0 Å². The van der Waals surface area contributed by atoms with Gasteiger partial charge in [-0.3, -0.25) is 0 Å². The maximum atomic E-state index is 5.35. The molecule has 4 aromatic rings. The van der Waals surface area contributed by atoms with Crippen LogP contribution in [0.15, 0.2) is 72.8 Å². The Morgan fingerprint density at radius 3 is 2.28 bits per heavy atom. The van der Waals surface area contributed by atoms with E-state index in [4.69, 9.17) is 4.74 Å². The second-order valence-electron chi connectivity index (χ2n) is 5.98. The first-order chi connectivity index (χ1) is 12.2. The molecule has 3 aromatic carbocycles. The summed E-state index contributed by atoms with van der Waals surface area (Å²) in [5.74, 6) is 0.891. The quantitative estimate of drug-likeness (QED) is 0.525. The molecule has 124 valence electrons. The summed E-state index contributed by atoms with van der Waals surface area (Å²) in [6, 6.07) is 25.8. The average molecular weight is 392 g/mol. The summed E-state index contributed by atoms with van der Waals surface area (Å²) in [6.07, 6.45) is 0. The zero-order valence-corrected chi connectivity index (χ0v) is 16.0. The number of ether oxygens (including phenoxy) is 1. The first-order valence-corrected chi connectivity index (χ1v) is 9.95. The molecule has 0 aliphatic heterocycles. The van der Waals surface area contributed by atoms with Crippen molar-refractivity contribution < 1.29 is 4.74 Å². The SMILES string of the molecule is COc1ccc2[nH]c(-c3ccc([Se]c4ccccc4)cc3)c(C)c2c1. The number of hydrogen-bond donors (Lipinski definition) is 1. The summed E-state index contributed by atoms with van der Waals surface area (Å²) in [5.41, 5.74) is 4.81. The molecular formula is C22H19NOSe. The van der Waals surface area contributed by atoms with Gasteiger partial charge in [-0.2, -0.15) is 0 Å². The number of hydrogen-bond acceptors (Lipinski definition) is 1. The van der Waals surface area contributed by atoms with Crippen LogP contribution in [0.25, 0.3) is 22.2 Å². The molecule has 0 radical (unpaired) electrons. The number of H-pyrrole nitrogens is 1. The molecule has 25 heavy (non-hydrogen) atoms. The third-order valence-electron chi connectivity index (χ3n) is 4.39. The summed E-state index contributed by atoms with van der Waals surface area (Å²) in [5, 5.41) is 1.21. The van der Waals surface area contributed by atoms with Gasteiger partial charge in [0.25, 0.3) is 0 Å². The zero-order valence-electron chi connectivity index (χ0n) is 14.2. The summed E-state index contributed by atoms with van der Waals surface area (Å²) in [6.45, 7) is 2.16. The van der Waals surface area contributed by atoms with Crippen LogP contribution in [0.2, 0.25) is 0 Å². The Morgan fingerprint density at radius 2 is 1.56 bits per heavy atom. The van der Waals surface area contributed by atoms with E-state index >= 15 is 0 Å². The summed E-state index contributed by atoms with van der Waals surface area (Å²) in [4.78, 5) is 3.55. The first-order valence-electron chi connectivity index (χ1n) is 8.24. The minimum absolute atomic E-state index is 0.350. The van der Waals surface area contributed by atoms with E-state index in [9.17, 15) is 0 Å². The van der Waals surface area contributed by atoms with Gasteiger partial charge in [-0.15, -0.1) is 0 Å². The van der Waals surface area contributed by atoms with Gasteiger partial charge >= 0.3 is 154 Å². The molecular weight excluding hydrogens is 373 g/mol. The Morgan fingerprint density at radius 1 is 0.840 bits per heavy atom. The third kappa shape index (κ3) is 3.21. The average Bonchev–Trinajstić information content (AvgIpc) is 2.99. The molecule has 4 rings (SSSR count). The molecule has 0 spiro atoms. The van der Waals surface area contributed by atoms with E-state index in [1.807, 2.05) is 6.07 Å². The number of methoxy groups -OCH3 is 1. The van der Waals surface area contributed by atoms with Gasteiger partial charge in [-0.25, -0.2) is 0 Å². The summed E-state index contributed by atoms with van der Waals surface area (Å²) < 4.78 is 8.14. The van der Waals surface area contributed by atoms with E-state index in [0.717, 1.165) is 11.3 Å². The number of nitrogens with one attached hydrogen (secondary N) is 1. The molecule has 0 atom stereocenters. The number of aryl methyl sites for hydroxylation is 1. The summed E-state index contributed by atoms with van der Waals surface area (Å²) in [7, 11) is 1.71. The molecule has 1 heterocycles. The van der Waals surface area contributed by atoms with Gasteiger partial charge in [0.1, 0.15) is 0 Å². The molecule has 0 aliphatic rings. The van der Waals surface area contributed by atoms with Crippen LogP contribution in [-0.4, -0.2) is 27.1 Å². The fourth-order valence-corrected chi connectivity index (χ4v) is 4.79. The first kappa shape index (κ1) is 16.0. The van der Waals surface area contributed by atoms with E-state index < -0.39 is 0 Å². The molecule has 0 amide bonds. The Balaban J connectivity index is 1.66. The van der Waals surface area contributed by atoms with Crippen molar-refractivity contribution in [1.82, 2.24) is 4.98 Å². The molecule has 0 bridgehead atoms. The van der Waals surface area contributed by atoms with Crippen molar-refractivity contribution in [2.75, 3.05) is 7.11 Å². The molecule has 0 saturated heterocycles. The van der Waals surface area contributed by atoms with Crippen LogP contribution in [0.4, 0.5) is 0 Å². The van der Waals surface area contributed by atoms with Gasteiger partial charge in [0.15, 0.2) is 0 Å². The van der Waals surface area contributed by atoms with Crippen molar-refractivity contribution in [2.45, 2.75) is 6.92 Å². The molecule has 0 saturated carbocycles. The van der Waals surface area contributed by atoms with Gasteiger partial charge in [-0.1, -0.05) is 0 Å². The van der Waals surface area contributed by atoms with Gasteiger partial charge in [0, 0.05) is 0 Å². The Bertz CT molecular complexity index is 1000. The number of aromatic amines is 1. The standard InChI is InChI=1S/C22H19NOSe/c1-15-20-14-17(24-2)10-13-21(20)23-22(15)16-8-11-19(12-9-16)25-18-6-4-3-5-7-18/h3-14,23H,1-2H3. The molecule has 0 aliphatic carbocycles. The predicted octanol–water partition coefficient (Wildman–Crippen LogP) is 3.81. The van der Waals surface area contributed by atoms with Crippen molar-refractivity contribution in [3.05, 3.63) is 78.4 Å². The molecule has 1 N–H and O–H groups in total. The van der Waals surface area contributed by atoms with E-state index in [2.05, 4.69) is 78.6 Å². The predicted molar refractivity (Wildman–Crippen MR) is 106 cm³/mol. The maximum absolute atomic E-state index is 5.35. The Hall–Kier alpha value is -2.48. The fourth-order valence-electron chi connectivity index (χ4n) is 3.04. The van der Waals surface area contributed by atoms with E-state index in [1.54, 1.807) is 7.11 Å². The van der Waals surface area contributed by atoms with Crippen molar-refractivity contribution >= 4 is 34.8 Å². The number of fused-ring (bicyclic) bond motifs is 1. The minimum atomic E-state index is 0.350. The van der Waals surface area contributed by atoms with Crippen LogP contribution in [0.1, 0.15) is 5.56 Å². The number of aromatic nitrogens is 1. The van der Waals surface area contributed by atoms with Gasteiger partial charge in [-0.05, 0) is 0 Å². The molecule has 0 unspecified atom stereocenters. The molecule has 0 fully saturated rings. The second-order valence-corrected chi connectivity index (χ2v) is 8.38. The van der Waals surface area contributed by atoms with Crippen LogP contribution >= 0.6 is 0 Å². The number of rotatable bonds is 4. The Kier molecular flexibility index (Phi) is 4.35. The summed E-state index contributed by atoms with van der Waals surface area (Å²) >= 11 is 0.350. The van der Waals surface area contributed by atoms with Gasteiger partial charge < -0.3 is 0 Å². The Labute approximate surface area is 154 Å². The monoisotopic (exact) mass is 393 g/mol. The van der Waals surface area contributed by atoms with Crippen LogP contribution in [0.5, 0.6) is 5.75 Å². The van der Waals surface area contributed by atoms with E-state index in [-0.39, 0.29) is 0 Å². The second kappa shape index (κ2) is 6.79. The van der Waals surface area contributed by atoms with E-state index in [1.165, 1.54) is 31.1 Å². The normalized spacial score (nSPS) is 11.0. The van der Waals surface area contributed by atoms with Crippen LogP contribution < -0.4 is 13.7 Å². The molecule has 2 nitrogen and oxygen atoms in total. The molecule has 1 aromatic heterocycles. The van der Waals surface area contributed by atoms with Crippen molar-refractivity contribution in [2.24, 2.45) is 0 Å². The zero-order chi connectivity index (χ0) is 17.2. The van der Waals surface area contributed by atoms with E-state index in [0.29, 0.717) is 15.0 Å². The van der Waals surface area contributed by atoms with Crippen LogP contribution in [0.3, 0.4) is 0 Å². The van der Waals surface area contributed by atoms with Crippen molar-refractivity contribution in [1.29, 1.82) is 0 Å². The number of benzene rings is 3.